The average molecular weight is 286 g/mol. The molecule has 0 radical (unpaired) electrons. The smallest absolute Gasteiger partial charge is 0.326 e. The third-order valence-corrected chi connectivity index (χ3v) is 5.27. The monoisotopic (exact) mass is 286 g/mol. The van der Waals surface area contributed by atoms with E-state index in [0.717, 1.165) is 22.9 Å². The molecule has 1 aliphatic carbocycles. The van der Waals surface area contributed by atoms with Gasteiger partial charge in [-0.05, 0) is 26.7 Å². The van der Waals surface area contributed by atoms with Crippen molar-refractivity contribution in [1.29, 1.82) is 0 Å². The Morgan fingerprint density at radius 1 is 1.72 bits per heavy atom. The minimum Gasteiger partial charge on any atom is -0.468 e. The first-order valence-electron chi connectivity index (χ1n) is 5.94. The van der Waals surface area contributed by atoms with E-state index in [1.807, 2.05) is 19.2 Å². The van der Waals surface area contributed by atoms with Gasteiger partial charge in [-0.25, -0.2) is 4.98 Å². The zero-order valence-corrected chi connectivity index (χ0v) is 12.5. The number of nitrogens with zero attached hydrogens (tertiary/aromatic N) is 1. The van der Waals surface area contributed by atoms with Gasteiger partial charge >= 0.3 is 5.97 Å². The second kappa shape index (κ2) is 5.59. The number of aromatic nitrogens is 1. The molecule has 4 nitrogen and oxygen atoms in total. The van der Waals surface area contributed by atoms with Crippen LogP contribution < -0.4 is 5.32 Å². The van der Waals surface area contributed by atoms with Crippen LogP contribution in [0.5, 0.6) is 0 Å². The summed E-state index contributed by atoms with van der Waals surface area (Å²) in [6.45, 7) is 3.88. The van der Waals surface area contributed by atoms with E-state index in [1.54, 1.807) is 23.1 Å². The van der Waals surface area contributed by atoms with Crippen LogP contribution in [0.3, 0.4) is 0 Å². The third kappa shape index (κ3) is 3.46. The van der Waals surface area contributed by atoms with Crippen LogP contribution in [0.1, 0.15) is 25.5 Å². The van der Waals surface area contributed by atoms with Gasteiger partial charge in [-0.3, -0.25) is 10.1 Å². The summed E-state index contributed by atoms with van der Waals surface area (Å²) in [7, 11) is 1.44. The fourth-order valence-electron chi connectivity index (χ4n) is 1.67. The summed E-state index contributed by atoms with van der Waals surface area (Å²) in [6.07, 6.45) is 2.29. The van der Waals surface area contributed by atoms with Crippen molar-refractivity contribution in [1.82, 2.24) is 10.3 Å². The van der Waals surface area contributed by atoms with Crippen molar-refractivity contribution in [2.24, 2.45) is 0 Å². The lowest BCUT2D eigenvalue weighted by atomic mass is 10.1. The first-order chi connectivity index (χ1) is 8.53. The number of thiazole rings is 1. The first kappa shape index (κ1) is 13.8. The largest absolute Gasteiger partial charge is 0.468 e. The average Bonchev–Trinajstić information content (AvgIpc) is 3.06. The highest BCUT2D eigenvalue weighted by atomic mass is 32.2. The number of hydrogen-bond acceptors (Lipinski definition) is 6. The summed E-state index contributed by atoms with van der Waals surface area (Å²) >= 11 is 3.22. The van der Waals surface area contributed by atoms with Crippen LogP contribution in [0, 0.1) is 6.92 Å². The molecular weight excluding hydrogens is 268 g/mol. The van der Waals surface area contributed by atoms with Crippen LogP contribution >= 0.6 is 23.1 Å². The Morgan fingerprint density at radius 3 is 2.94 bits per heavy atom. The van der Waals surface area contributed by atoms with Gasteiger partial charge in [0.1, 0.15) is 9.88 Å². The number of nitrogens with one attached hydrogen (secondary N) is 1. The van der Waals surface area contributed by atoms with E-state index < -0.39 is 5.54 Å². The lowest BCUT2D eigenvalue weighted by molar-refractivity contribution is -0.146. The number of hydrogen-bond donors (Lipinski definition) is 1. The molecule has 0 bridgehead atoms. The maximum Gasteiger partial charge on any atom is 0.326 e. The van der Waals surface area contributed by atoms with Crippen LogP contribution in [0.2, 0.25) is 0 Å². The highest BCUT2D eigenvalue weighted by molar-refractivity contribution is 8.01. The zero-order valence-electron chi connectivity index (χ0n) is 10.9. The van der Waals surface area contributed by atoms with E-state index >= 15 is 0 Å². The van der Waals surface area contributed by atoms with Gasteiger partial charge in [-0.1, -0.05) is 11.8 Å². The minimum absolute atomic E-state index is 0.199. The number of carbonyl (C=O) groups is 1. The minimum atomic E-state index is -0.625. The van der Waals surface area contributed by atoms with Crippen LogP contribution in [0.4, 0.5) is 0 Å². The van der Waals surface area contributed by atoms with Crippen molar-refractivity contribution >= 4 is 29.1 Å². The van der Waals surface area contributed by atoms with E-state index in [4.69, 9.17) is 4.74 Å². The molecule has 1 N–H and O–H groups in total. The van der Waals surface area contributed by atoms with Crippen molar-refractivity contribution in [2.75, 3.05) is 12.9 Å². The van der Waals surface area contributed by atoms with Crippen LogP contribution in [-0.2, 0) is 9.53 Å². The Bertz CT molecular complexity index is 431. The summed E-state index contributed by atoms with van der Waals surface area (Å²) in [5.41, 5.74) is 0.401. The Labute approximate surface area is 116 Å². The Balaban J connectivity index is 1.97. The molecule has 1 aromatic rings. The summed E-state index contributed by atoms with van der Waals surface area (Å²) in [4.78, 5) is 16.3. The number of aryl methyl sites for hydroxylation is 1. The van der Waals surface area contributed by atoms with Gasteiger partial charge in [0.15, 0.2) is 0 Å². The van der Waals surface area contributed by atoms with Crippen molar-refractivity contribution < 1.29 is 9.53 Å². The van der Waals surface area contributed by atoms with Gasteiger partial charge in [0.25, 0.3) is 0 Å². The molecule has 0 amide bonds. The van der Waals surface area contributed by atoms with Crippen LogP contribution in [0.25, 0.3) is 0 Å². The second-order valence-corrected chi connectivity index (χ2v) is 6.87. The van der Waals surface area contributed by atoms with E-state index in [1.165, 1.54) is 7.11 Å². The molecule has 0 saturated heterocycles. The van der Waals surface area contributed by atoms with Crippen LogP contribution in [-0.4, -0.2) is 35.4 Å². The summed E-state index contributed by atoms with van der Waals surface area (Å²) in [5.74, 6) is 0.443. The number of rotatable bonds is 6. The molecule has 1 aliphatic rings. The Hall–Kier alpha value is -0.590. The fourth-order valence-corrected chi connectivity index (χ4v) is 3.60. The number of methoxy groups -OCH3 is 1. The fraction of sp³-hybridized carbons (Fsp3) is 0.667. The molecule has 1 atom stereocenters. The number of ether oxygens (including phenoxy) is 1. The normalized spacial score (nSPS) is 18.4. The van der Waals surface area contributed by atoms with E-state index in [2.05, 4.69) is 10.3 Å². The number of esters is 1. The molecule has 0 aromatic carbocycles. The molecule has 0 aliphatic heterocycles. The third-order valence-electron chi connectivity index (χ3n) is 2.82. The van der Waals surface area contributed by atoms with Gasteiger partial charge < -0.3 is 4.74 Å². The molecule has 100 valence electrons. The molecule has 1 fully saturated rings. The predicted octanol–water partition coefficient (Wildman–Crippen LogP) is 2.23. The van der Waals surface area contributed by atoms with Crippen molar-refractivity contribution in [2.45, 2.75) is 42.6 Å². The Morgan fingerprint density at radius 2 is 2.44 bits per heavy atom. The molecule has 6 heteroatoms. The summed E-state index contributed by atoms with van der Waals surface area (Å²) < 4.78 is 5.91. The topological polar surface area (TPSA) is 51.2 Å². The lowest BCUT2D eigenvalue weighted by Gasteiger charge is -2.27. The molecule has 1 heterocycles. The van der Waals surface area contributed by atoms with E-state index in [0.29, 0.717) is 11.8 Å². The van der Waals surface area contributed by atoms with Gasteiger partial charge in [0, 0.05) is 22.9 Å². The molecule has 1 saturated carbocycles. The number of thioether (sulfide) groups is 1. The van der Waals surface area contributed by atoms with Crippen molar-refractivity contribution in [3.8, 4) is 0 Å². The van der Waals surface area contributed by atoms with Crippen LogP contribution in [0.15, 0.2) is 9.72 Å². The van der Waals surface area contributed by atoms with Gasteiger partial charge in [-0.2, -0.15) is 0 Å². The zero-order chi connectivity index (χ0) is 13.2. The summed E-state index contributed by atoms with van der Waals surface area (Å²) in [6, 6.07) is 0.465. The Kier molecular flexibility index (Phi) is 4.29. The van der Waals surface area contributed by atoms with Crippen molar-refractivity contribution in [3.63, 3.8) is 0 Å². The maximum atomic E-state index is 11.9. The second-order valence-electron chi connectivity index (χ2n) is 4.79. The maximum absolute atomic E-state index is 11.9. The standard InChI is InChI=1S/C12H18N2O2S2/c1-8-6-17-11(13-8)18-7-12(2,10(15)16-3)14-9-4-5-9/h6,9,14H,4-5,7H2,1-3H3. The lowest BCUT2D eigenvalue weighted by Crippen LogP contribution is -2.53. The molecule has 2 rings (SSSR count). The SMILES string of the molecule is COC(=O)C(C)(CSc1nc(C)cs1)NC1CC1. The molecule has 1 aromatic heterocycles. The predicted molar refractivity (Wildman–Crippen MR) is 74.2 cm³/mol. The molecule has 18 heavy (non-hydrogen) atoms. The molecular formula is C12H18N2O2S2. The van der Waals surface area contributed by atoms with E-state index in [9.17, 15) is 4.79 Å². The highest BCUT2D eigenvalue weighted by Crippen LogP contribution is 2.29. The quantitative estimate of drug-likeness (QED) is 0.642. The molecule has 0 spiro atoms. The van der Waals surface area contributed by atoms with Crippen molar-refractivity contribution in [3.05, 3.63) is 11.1 Å². The number of carbonyl (C=O) groups excluding carboxylic acids is 1. The van der Waals surface area contributed by atoms with Gasteiger partial charge in [-0.15, -0.1) is 11.3 Å². The molecule has 1 unspecified atom stereocenters. The summed E-state index contributed by atoms with van der Waals surface area (Å²) in [5, 5.41) is 5.40. The first-order valence-corrected chi connectivity index (χ1v) is 7.81. The van der Waals surface area contributed by atoms with Gasteiger partial charge in [0.2, 0.25) is 0 Å². The van der Waals surface area contributed by atoms with Gasteiger partial charge in [0.05, 0.1) is 7.11 Å². The van der Waals surface area contributed by atoms with E-state index in [-0.39, 0.29) is 5.97 Å². The highest BCUT2D eigenvalue weighted by Gasteiger charge is 2.39.